The van der Waals surface area contributed by atoms with Crippen molar-refractivity contribution in [3.63, 3.8) is 0 Å². The minimum Gasteiger partial charge on any atom is -0.481 e. The molecule has 0 radical (unpaired) electrons. The Balaban J connectivity index is 0.000000720. The molecule has 2 aliphatic carbocycles. The Kier molecular flexibility index (Phi) is 2.36. The maximum Gasteiger partial charge on any atom is 0.311 e. The molecule has 0 spiro atoms. The fourth-order valence-corrected chi connectivity index (χ4v) is 2.66. The molecule has 0 amide bonds. The lowest BCUT2D eigenvalue weighted by molar-refractivity contribution is -0.149. The first-order chi connectivity index (χ1) is 5.15. The number of nitrogens with two attached hydrogens (primary N) is 1. The summed E-state index contributed by atoms with van der Waals surface area (Å²) >= 11 is 0. The number of hydrogen-bond acceptors (Lipinski definition) is 2. The Labute approximate surface area is 77.7 Å². The number of halogens is 1. The molecule has 0 heterocycles. The van der Waals surface area contributed by atoms with Crippen LogP contribution >= 0.6 is 12.4 Å². The molecule has 0 saturated heterocycles. The number of aliphatic carboxylic acids is 1. The maximum atomic E-state index is 10.9. The fraction of sp³-hybridized carbons (Fsp3) is 0.875. The van der Waals surface area contributed by atoms with Crippen LogP contribution in [-0.2, 0) is 4.79 Å². The zero-order chi connectivity index (χ0) is 8.06. The molecular formula is C8H14ClNO2. The van der Waals surface area contributed by atoms with Gasteiger partial charge in [-0.15, -0.1) is 12.4 Å². The Bertz CT molecular complexity index is 209. The quantitative estimate of drug-likeness (QED) is 0.650. The molecule has 70 valence electrons. The molecule has 2 rings (SSSR count). The summed E-state index contributed by atoms with van der Waals surface area (Å²) in [6.07, 6.45) is 3.62. The van der Waals surface area contributed by atoms with E-state index in [0.717, 1.165) is 25.7 Å². The largest absolute Gasteiger partial charge is 0.481 e. The fourth-order valence-electron chi connectivity index (χ4n) is 2.66. The van der Waals surface area contributed by atoms with Gasteiger partial charge in [-0.1, -0.05) is 0 Å². The molecule has 3 nitrogen and oxygen atoms in total. The third kappa shape index (κ3) is 1.04. The van der Waals surface area contributed by atoms with Crippen molar-refractivity contribution in [2.45, 2.75) is 31.7 Å². The van der Waals surface area contributed by atoms with Crippen molar-refractivity contribution in [3.05, 3.63) is 0 Å². The van der Waals surface area contributed by atoms with E-state index in [0.29, 0.717) is 5.92 Å². The molecule has 2 fully saturated rings. The molecule has 0 aromatic carbocycles. The first-order valence-corrected chi connectivity index (χ1v) is 4.14. The molecule has 0 aromatic rings. The summed E-state index contributed by atoms with van der Waals surface area (Å²) in [4.78, 5) is 10.9. The summed E-state index contributed by atoms with van der Waals surface area (Å²) in [7, 11) is 0. The summed E-state index contributed by atoms with van der Waals surface area (Å²) < 4.78 is 0. The summed E-state index contributed by atoms with van der Waals surface area (Å²) in [5, 5.41) is 8.98. The lowest BCUT2D eigenvalue weighted by Gasteiger charge is -2.27. The highest BCUT2D eigenvalue weighted by molar-refractivity contribution is 5.85. The number of rotatable bonds is 1. The van der Waals surface area contributed by atoms with Crippen LogP contribution < -0.4 is 5.73 Å². The Morgan fingerprint density at radius 3 is 2.50 bits per heavy atom. The highest BCUT2D eigenvalue weighted by Crippen LogP contribution is 2.53. The van der Waals surface area contributed by atoms with Gasteiger partial charge in [-0.05, 0) is 31.6 Å². The van der Waals surface area contributed by atoms with Crippen LogP contribution in [0.1, 0.15) is 25.7 Å². The van der Waals surface area contributed by atoms with Gasteiger partial charge in [-0.2, -0.15) is 0 Å². The minimum absolute atomic E-state index is 0. The van der Waals surface area contributed by atoms with Gasteiger partial charge in [0, 0.05) is 6.04 Å². The van der Waals surface area contributed by atoms with E-state index in [1.54, 1.807) is 0 Å². The van der Waals surface area contributed by atoms with Gasteiger partial charge in [0.05, 0.1) is 5.41 Å². The second kappa shape index (κ2) is 2.89. The molecule has 0 aliphatic heterocycles. The van der Waals surface area contributed by atoms with Crippen molar-refractivity contribution in [2.75, 3.05) is 0 Å². The molecule has 3 unspecified atom stereocenters. The predicted octanol–water partition coefficient (Wildman–Crippen LogP) is 1.01. The topological polar surface area (TPSA) is 63.3 Å². The van der Waals surface area contributed by atoms with Crippen LogP contribution in [0.5, 0.6) is 0 Å². The summed E-state index contributed by atoms with van der Waals surface area (Å²) in [5.74, 6) is -0.0777. The lowest BCUT2D eigenvalue weighted by Crippen LogP contribution is -2.43. The van der Waals surface area contributed by atoms with Crippen LogP contribution in [0.15, 0.2) is 0 Å². The molecule has 3 atom stereocenters. The van der Waals surface area contributed by atoms with Crippen LogP contribution in [0.2, 0.25) is 0 Å². The van der Waals surface area contributed by atoms with Gasteiger partial charge in [0.1, 0.15) is 0 Å². The third-order valence-corrected chi connectivity index (χ3v) is 3.37. The second-order valence-corrected chi connectivity index (χ2v) is 3.91. The van der Waals surface area contributed by atoms with Crippen LogP contribution in [0.3, 0.4) is 0 Å². The number of hydrogen-bond donors (Lipinski definition) is 2. The van der Waals surface area contributed by atoms with Crippen molar-refractivity contribution in [3.8, 4) is 0 Å². The molecule has 2 saturated carbocycles. The monoisotopic (exact) mass is 191 g/mol. The number of fused-ring (bicyclic) bond motifs is 2. The molecule has 4 heteroatoms. The molecule has 12 heavy (non-hydrogen) atoms. The minimum atomic E-state index is -0.676. The standard InChI is InChI=1S/C8H13NO2.ClH/c9-6-3-5-1-2-8(6,4-5)7(10)11;/h5-6H,1-4,9H2,(H,10,11);1H. The van der Waals surface area contributed by atoms with E-state index in [9.17, 15) is 4.79 Å². The van der Waals surface area contributed by atoms with Crippen LogP contribution in [-0.4, -0.2) is 17.1 Å². The van der Waals surface area contributed by atoms with Crippen LogP contribution in [0.4, 0.5) is 0 Å². The van der Waals surface area contributed by atoms with E-state index in [1.165, 1.54) is 0 Å². The van der Waals surface area contributed by atoms with Gasteiger partial charge in [0.2, 0.25) is 0 Å². The average Bonchev–Trinajstić information content (AvgIpc) is 2.43. The molecule has 0 aromatic heterocycles. The van der Waals surface area contributed by atoms with Crippen molar-refractivity contribution in [2.24, 2.45) is 17.1 Å². The van der Waals surface area contributed by atoms with Gasteiger partial charge < -0.3 is 10.8 Å². The van der Waals surface area contributed by atoms with Crippen molar-refractivity contribution >= 4 is 18.4 Å². The Hall–Kier alpha value is -0.280. The highest BCUT2D eigenvalue weighted by atomic mass is 35.5. The van der Waals surface area contributed by atoms with Crippen molar-refractivity contribution < 1.29 is 9.90 Å². The van der Waals surface area contributed by atoms with Crippen LogP contribution in [0.25, 0.3) is 0 Å². The highest BCUT2D eigenvalue weighted by Gasteiger charge is 2.55. The van der Waals surface area contributed by atoms with Gasteiger partial charge in [-0.25, -0.2) is 0 Å². The first-order valence-electron chi connectivity index (χ1n) is 4.14. The van der Waals surface area contributed by atoms with Gasteiger partial charge in [0.15, 0.2) is 0 Å². The molecular weight excluding hydrogens is 178 g/mol. The maximum absolute atomic E-state index is 10.9. The van der Waals surface area contributed by atoms with E-state index in [4.69, 9.17) is 10.8 Å². The number of carboxylic acid groups (broad SMARTS) is 1. The summed E-state index contributed by atoms with van der Waals surface area (Å²) in [5.41, 5.74) is 5.24. The van der Waals surface area contributed by atoms with E-state index in [1.807, 2.05) is 0 Å². The van der Waals surface area contributed by atoms with Gasteiger partial charge >= 0.3 is 5.97 Å². The smallest absolute Gasteiger partial charge is 0.311 e. The van der Waals surface area contributed by atoms with E-state index < -0.39 is 11.4 Å². The van der Waals surface area contributed by atoms with E-state index >= 15 is 0 Å². The predicted molar refractivity (Wildman–Crippen MR) is 47.3 cm³/mol. The average molecular weight is 192 g/mol. The van der Waals surface area contributed by atoms with Crippen molar-refractivity contribution in [1.29, 1.82) is 0 Å². The second-order valence-electron chi connectivity index (χ2n) is 3.91. The Morgan fingerprint density at radius 1 is 1.58 bits per heavy atom. The Morgan fingerprint density at radius 2 is 2.25 bits per heavy atom. The van der Waals surface area contributed by atoms with Gasteiger partial charge in [0.25, 0.3) is 0 Å². The summed E-state index contributed by atoms with van der Waals surface area (Å²) in [6, 6.07) is -0.0845. The lowest BCUT2D eigenvalue weighted by atomic mass is 9.80. The van der Waals surface area contributed by atoms with Crippen LogP contribution in [0, 0.1) is 11.3 Å². The normalized spacial score (nSPS) is 44.1. The number of carboxylic acids is 1. The SMILES string of the molecule is Cl.NC1CC2CCC1(C(=O)O)C2. The first kappa shape index (κ1) is 9.81. The number of carbonyl (C=O) groups is 1. The van der Waals surface area contributed by atoms with E-state index in [2.05, 4.69) is 0 Å². The molecule has 2 aliphatic rings. The summed E-state index contributed by atoms with van der Waals surface area (Å²) in [6.45, 7) is 0. The molecule has 2 bridgehead atoms. The third-order valence-electron chi connectivity index (χ3n) is 3.37. The van der Waals surface area contributed by atoms with Gasteiger partial charge in [-0.3, -0.25) is 4.79 Å². The van der Waals surface area contributed by atoms with E-state index in [-0.39, 0.29) is 18.4 Å². The van der Waals surface area contributed by atoms with Crippen molar-refractivity contribution in [1.82, 2.24) is 0 Å². The zero-order valence-corrected chi connectivity index (χ0v) is 7.64. The molecule has 3 N–H and O–H groups in total. The zero-order valence-electron chi connectivity index (χ0n) is 6.82.